The summed E-state index contributed by atoms with van der Waals surface area (Å²) in [7, 11) is 0. The summed E-state index contributed by atoms with van der Waals surface area (Å²) in [4.78, 5) is 28.5. The topological polar surface area (TPSA) is 99.1 Å². The minimum atomic E-state index is -1.06. The minimum absolute atomic E-state index is 0.0408. The van der Waals surface area contributed by atoms with E-state index in [1.165, 1.54) is 0 Å². The van der Waals surface area contributed by atoms with Gasteiger partial charge in [0.25, 0.3) is 0 Å². The molecule has 0 radical (unpaired) electrons. The predicted octanol–water partition coefficient (Wildman–Crippen LogP) is 4.47. The van der Waals surface area contributed by atoms with Crippen LogP contribution < -0.4 is 10.1 Å². The predicted molar refractivity (Wildman–Crippen MR) is 155 cm³/mol. The quantitative estimate of drug-likeness (QED) is 0.329. The molecule has 1 saturated carbocycles. The van der Waals surface area contributed by atoms with E-state index in [4.69, 9.17) is 16.3 Å². The van der Waals surface area contributed by atoms with Crippen LogP contribution in [0.4, 0.5) is 0 Å². The van der Waals surface area contributed by atoms with Crippen LogP contribution >= 0.6 is 34.2 Å². The molecule has 2 aromatic carbocycles. The van der Waals surface area contributed by atoms with Crippen molar-refractivity contribution in [1.82, 2.24) is 10.2 Å². The molecule has 3 atom stereocenters. The Morgan fingerprint density at radius 3 is 2.50 bits per heavy atom. The minimum Gasteiger partial charge on any atom is -0.482 e. The van der Waals surface area contributed by atoms with E-state index in [1.807, 2.05) is 36.4 Å². The maximum Gasteiger partial charge on any atom is 0.247 e. The first-order chi connectivity index (χ1) is 18.4. The number of hydrogen-bond acceptors (Lipinski definition) is 5. The summed E-state index contributed by atoms with van der Waals surface area (Å²) in [5, 5.41) is 24.1. The zero-order valence-electron chi connectivity index (χ0n) is 21.2. The van der Waals surface area contributed by atoms with Crippen LogP contribution in [-0.4, -0.2) is 58.3 Å². The molecule has 0 aliphatic heterocycles. The first-order valence-electron chi connectivity index (χ1n) is 13.1. The number of rotatable bonds is 10. The molecule has 2 amide bonds. The Kier molecular flexibility index (Phi) is 10.5. The highest BCUT2D eigenvalue weighted by atomic mass is 127. The number of hydrogen-bond donors (Lipinski definition) is 3. The fraction of sp³-hybridized carbons (Fsp3) is 0.448. The number of carbonyl (C=O) groups excluding carboxylic acids is 2. The van der Waals surface area contributed by atoms with Gasteiger partial charge in [-0.25, -0.2) is 0 Å². The summed E-state index contributed by atoms with van der Waals surface area (Å²) >= 11 is 8.26. The van der Waals surface area contributed by atoms with E-state index in [-0.39, 0.29) is 37.9 Å². The molecule has 2 aromatic rings. The van der Waals surface area contributed by atoms with Crippen molar-refractivity contribution in [1.29, 1.82) is 0 Å². The number of ether oxygens (including phenoxy) is 1. The number of para-hydroxylation sites is 1. The van der Waals surface area contributed by atoms with Gasteiger partial charge in [-0.1, -0.05) is 48.7 Å². The molecule has 38 heavy (non-hydrogen) atoms. The zero-order valence-corrected chi connectivity index (χ0v) is 24.1. The zero-order chi connectivity index (χ0) is 27.1. The van der Waals surface area contributed by atoms with E-state index in [0.29, 0.717) is 28.7 Å². The standard InChI is InChI=1S/C29H34ClIN2O5/c30-22-11-9-20(10-12-22)18-33(27(35)15-19-5-1-2-6-19)24-16-21(29(37)32-13-14-34)17-26(28(24)36)38-25-8-4-3-7-23(25)31/h3-4,7-12,17,19,24,26,28,34,36H,1-2,5-6,13-16,18H2,(H,32,37)/t24-,26+,28+/m1/s1. The van der Waals surface area contributed by atoms with Gasteiger partial charge in [-0.15, -0.1) is 0 Å². The number of benzene rings is 2. The fourth-order valence-electron chi connectivity index (χ4n) is 5.22. The highest BCUT2D eigenvalue weighted by Crippen LogP contribution is 2.33. The van der Waals surface area contributed by atoms with Crippen molar-refractivity contribution in [2.45, 2.75) is 63.3 Å². The average molecular weight is 653 g/mol. The summed E-state index contributed by atoms with van der Waals surface area (Å²) < 4.78 is 7.09. The third-order valence-electron chi connectivity index (χ3n) is 7.24. The Morgan fingerprint density at radius 2 is 1.82 bits per heavy atom. The van der Waals surface area contributed by atoms with Crippen molar-refractivity contribution in [2.75, 3.05) is 13.2 Å². The molecule has 2 aliphatic rings. The molecule has 0 bridgehead atoms. The van der Waals surface area contributed by atoms with Gasteiger partial charge in [0.15, 0.2) is 0 Å². The molecule has 0 aromatic heterocycles. The number of nitrogens with one attached hydrogen (secondary N) is 1. The van der Waals surface area contributed by atoms with Crippen LogP contribution in [0.2, 0.25) is 5.02 Å². The Balaban J connectivity index is 1.66. The van der Waals surface area contributed by atoms with Gasteiger partial charge >= 0.3 is 0 Å². The van der Waals surface area contributed by atoms with Crippen molar-refractivity contribution in [3.8, 4) is 5.75 Å². The number of aliphatic hydroxyl groups excluding tert-OH is 2. The van der Waals surface area contributed by atoms with E-state index < -0.39 is 18.2 Å². The number of nitrogens with zero attached hydrogens (tertiary/aromatic N) is 1. The van der Waals surface area contributed by atoms with Crippen molar-refractivity contribution >= 4 is 46.0 Å². The van der Waals surface area contributed by atoms with E-state index in [9.17, 15) is 19.8 Å². The van der Waals surface area contributed by atoms with Crippen LogP contribution in [-0.2, 0) is 16.1 Å². The van der Waals surface area contributed by atoms with Crippen LogP contribution in [0.5, 0.6) is 5.75 Å². The number of aliphatic hydroxyl groups is 2. The molecule has 9 heteroatoms. The van der Waals surface area contributed by atoms with Crippen molar-refractivity contribution in [3.05, 3.63) is 74.3 Å². The van der Waals surface area contributed by atoms with Crippen LogP contribution in [0.15, 0.2) is 60.2 Å². The van der Waals surface area contributed by atoms with Gasteiger partial charge in [-0.3, -0.25) is 9.59 Å². The molecular formula is C29H34ClIN2O5. The first-order valence-corrected chi connectivity index (χ1v) is 14.5. The van der Waals surface area contributed by atoms with E-state index in [2.05, 4.69) is 27.9 Å². The highest BCUT2D eigenvalue weighted by molar-refractivity contribution is 14.1. The summed E-state index contributed by atoms with van der Waals surface area (Å²) in [5.74, 6) is 0.533. The highest BCUT2D eigenvalue weighted by Gasteiger charge is 2.41. The lowest BCUT2D eigenvalue weighted by Gasteiger charge is -2.41. The summed E-state index contributed by atoms with van der Waals surface area (Å²) in [6.07, 6.45) is 4.64. The molecule has 204 valence electrons. The maximum absolute atomic E-state index is 13.8. The molecule has 1 fully saturated rings. The van der Waals surface area contributed by atoms with E-state index >= 15 is 0 Å². The van der Waals surface area contributed by atoms with Crippen LogP contribution in [0.25, 0.3) is 0 Å². The fourth-order valence-corrected chi connectivity index (χ4v) is 5.86. The molecule has 0 heterocycles. The van der Waals surface area contributed by atoms with Crippen LogP contribution in [0, 0.1) is 9.49 Å². The summed E-state index contributed by atoms with van der Waals surface area (Å²) in [5.41, 5.74) is 1.30. The van der Waals surface area contributed by atoms with E-state index in [1.54, 1.807) is 23.1 Å². The second-order valence-corrected chi connectivity index (χ2v) is 11.5. The number of amides is 2. The molecule has 7 nitrogen and oxygen atoms in total. The average Bonchev–Trinajstić information content (AvgIpc) is 3.42. The monoisotopic (exact) mass is 652 g/mol. The largest absolute Gasteiger partial charge is 0.482 e. The van der Waals surface area contributed by atoms with Gasteiger partial charge in [-0.2, -0.15) is 0 Å². The van der Waals surface area contributed by atoms with Crippen molar-refractivity contribution < 1.29 is 24.5 Å². The van der Waals surface area contributed by atoms with Crippen molar-refractivity contribution in [3.63, 3.8) is 0 Å². The Morgan fingerprint density at radius 1 is 1.11 bits per heavy atom. The molecular weight excluding hydrogens is 619 g/mol. The number of carbonyl (C=O) groups is 2. The van der Waals surface area contributed by atoms with Gasteiger partial charge < -0.3 is 25.2 Å². The molecule has 0 unspecified atom stereocenters. The van der Waals surface area contributed by atoms with Gasteiger partial charge in [0.05, 0.1) is 16.2 Å². The lowest BCUT2D eigenvalue weighted by molar-refractivity contribution is -0.140. The lowest BCUT2D eigenvalue weighted by Crippen LogP contribution is -2.55. The third kappa shape index (κ3) is 7.49. The number of halogens is 2. The molecule has 0 saturated heterocycles. The summed E-state index contributed by atoms with van der Waals surface area (Å²) in [6, 6.07) is 14.1. The first kappa shape index (κ1) is 28.9. The van der Waals surface area contributed by atoms with E-state index in [0.717, 1.165) is 34.8 Å². The molecule has 2 aliphatic carbocycles. The Hall–Kier alpha value is -2.14. The SMILES string of the molecule is O=C(NCCO)C1=C[C@H](Oc2ccccc2I)[C@@H](O)[C@H](N(Cc2ccc(Cl)cc2)C(=O)CC2CCCC2)C1. The third-order valence-corrected chi connectivity index (χ3v) is 8.38. The second kappa shape index (κ2) is 13.8. The van der Waals surface area contributed by atoms with Gasteiger partial charge in [0, 0.05) is 36.5 Å². The van der Waals surface area contributed by atoms with Gasteiger partial charge in [-0.05, 0) is 77.3 Å². The smallest absolute Gasteiger partial charge is 0.247 e. The Bertz CT molecular complexity index is 1140. The van der Waals surface area contributed by atoms with Crippen molar-refractivity contribution in [2.24, 2.45) is 5.92 Å². The van der Waals surface area contributed by atoms with Gasteiger partial charge in [0.1, 0.15) is 18.0 Å². The van der Waals surface area contributed by atoms with Crippen LogP contribution in [0.1, 0.15) is 44.1 Å². The molecule has 4 rings (SSSR count). The molecule has 3 N–H and O–H groups in total. The lowest BCUT2D eigenvalue weighted by atomic mass is 9.87. The molecule has 0 spiro atoms. The van der Waals surface area contributed by atoms with Crippen LogP contribution in [0.3, 0.4) is 0 Å². The second-order valence-electron chi connectivity index (χ2n) is 9.95. The Labute approximate surface area is 242 Å². The summed E-state index contributed by atoms with van der Waals surface area (Å²) in [6.45, 7) is 0.210. The maximum atomic E-state index is 13.8. The van der Waals surface area contributed by atoms with Gasteiger partial charge in [0.2, 0.25) is 11.8 Å². The normalized spacial score (nSPS) is 21.6.